The third kappa shape index (κ3) is 7.45. The number of carbonyl (C=O) groups excluding carboxylic acids is 1. The number of carbonyl (C=O) groups is 2. The van der Waals surface area contributed by atoms with Crippen LogP contribution in [0.5, 0.6) is 11.5 Å². The normalized spacial score (nSPS) is 16.4. The molecule has 0 spiro atoms. The lowest BCUT2D eigenvalue weighted by molar-refractivity contribution is -0.275. The van der Waals surface area contributed by atoms with Crippen LogP contribution in [0.15, 0.2) is 54.9 Å². The highest BCUT2D eigenvalue weighted by molar-refractivity contribution is 5.90. The number of nitrogens with zero attached hydrogens (tertiary/aromatic N) is 2. The molecule has 2 amide bonds. The lowest BCUT2D eigenvalue weighted by Crippen LogP contribution is -2.51. The van der Waals surface area contributed by atoms with Crippen LogP contribution < -0.4 is 20.1 Å². The Morgan fingerprint density at radius 1 is 1.02 bits per heavy atom. The molecule has 0 fully saturated rings. The second kappa shape index (κ2) is 11.6. The molecule has 0 radical (unpaired) electrons. The van der Waals surface area contributed by atoms with Crippen LogP contribution in [0, 0.1) is 11.8 Å². The zero-order valence-electron chi connectivity index (χ0n) is 19.6. The third-order valence-electron chi connectivity index (χ3n) is 5.11. The van der Waals surface area contributed by atoms with E-state index in [9.17, 15) is 39.9 Å². The lowest BCUT2D eigenvalue weighted by Gasteiger charge is -2.39. The Labute approximate surface area is 218 Å². The molecule has 3 heterocycles. The summed E-state index contributed by atoms with van der Waals surface area (Å²) >= 11 is 0. The van der Waals surface area contributed by atoms with Crippen molar-refractivity contribution in [3.05, 3.63) is 77.9 Å². The van der Waals surface area contributed by atoms with Crippen molar-refractivity contribution >= 4 is 17.7 Å². The Morgan fingerprint density at radius 3 is 2.30 bits per heavy atom. The number of urea groups is 1. The average molecular weight is 580 g/mol. The largest absolute Gasteiger partial charge is 0.573 e. The van der Waals surface area contributed by atoms with Gasteiger partial charge in [0.15, 0.2) is 11.6 Å². The maximum absolute atomic E-state index is 14.6. The first-order chi connectivity index (χ1) is 18.6. The highest BCUT2D eigenvalue weighted by Crippen LogP contribution is 2.41. The minimum absolute atomic E-state index is 0.0883. The SMILES string of the molecule is O=C(Nc1ccc(F)nc1)N[C@]1(c2ccc(OC(F)(F)F)c(F)c2)CCOc2cccnc21.O=C(O)C(F)(F)F. The van der Waals surface area contributed by atoms with Crippen LogP contribution in [0.25, 0.3) is 0 Å². The molecule has 0 unspecified atom stereocenters. The number of carboxylic acid groups (broad SMARTS) is 1. The summed E-state index contributed by atoms with van der Waals surface area (Å²) in [5.41, 5.74) is -0.931. The van der Waals surface area contributed by atoms with Crippen LogP contribution >= 0.6 is 0 Å². The van der Waals surface area contributed by atoms with Gasteiger partial charge in [-0.3, -0.25) is 4.98 Å². The van der Waals surface area contributed by atoms with Crippen molar-refractivity contribution < 1.29 is 59.3 Å². The van der Waals surface area contributed by atoms with Gasteiger partial charge in [0, 0.05) is 12.6 Å². The summed E-state index contributed by atoms with van der Waals surface area (Å²) in [7, 11) is 0. The van der Waals surface area contributed by atoms with Gasteiger partial charge in [0.05, 0.1) is 18.5 Å². The molecule has 1 atom stereocenters. The van der Waals surface area contributed by atoms with Crippen molar-refractivity contribution in [1.82, 2.24) is 15.3 Å². The molecule has 1 aliphatic heterocycles. The topological polar surface area (TPSA) is 123 Å². The molecule has 0 saturated carbocycles. The van der Waals surface area contributed by atoms with Crippen LogP contribution in [-0.4, -0.2) is 46.2 Å². The molecule has 4 rings (SSSR count). The number of aliphatic carboxylic acids is 1. The molecule has 9 nitrogen and oxygen atoms in total. The minimum atomic E-state index is -5.08. The standard InChI is InChI=1S/C21H15F5N4O3.C2HF3O2/c22-14-10-12(3-5-15(14)33-21(24,25)26)20(7-9-32-16-2-1-8-27-18(16)20)30-19(31)29-13-4-6-17(23)28-11-13;3-2(4,5)1(6)7/h1-6,8,10-11H,7,9H2,(H2,29,30,31);(H,6,7)/t20-;/m0./s1. The minimum Gasteiger partial charge on any atom is -0.491 e. The summed E-state index contributed by atoms with van der Waals surface area (Å²) in [5, 5.41) is 12.3. The quantitative estimate of drug-likeness (QED) is 0.289. The van der Waals surface area contributed by atoms with Gasteiger partial charge in [-0.2, -0.15) is 17.6 Å². The van der Waals surface area contributed by atoms with Crippen molar-refractivity contribution in [2.24, 2.45) is 0 Å². The predicted octanol–water partition coefficient (Wildman–Crippen LogP) is 5.13. The number of alkyl halides is 6. The van der Waals surface area contributed by atoms with Gasteiger partial charge in [-0.15, -0.1) is 13.2 Å². The second-order valence-corrected chi connectivity index (χ2v) is 7.80. The molecule has 17 heteroatoms. The first-order valence-electron chi connectivity index (χ1n) is 10.8. The molecule has 0 saturated heterocycles. The fourth-order valence-electron chi connectivity index (χ4n) is 3.51. The van der Waals surface area contributed by atoms with E-state index in [4.69, 9.17) is 14.6 Å². The van der Waals surface area contributed by atoms with Crippen molar-refractivity contribution in [2.45, 2.75) is 24.5 Å². The summed E-state index contributed by atoms with van der Waals surface area (Å²) in [5.74, 6) is -5.48. The number of ether oxygens (including phenoxy) is 2. The molecule has 0 bridgehead atoms. The number of anilines is 1. The Balaban J connectivity index is 0.000000559. The molecule has 0 aliphatic carbocycles. The van der Waals surface area contributed by atoms with Crippen LogP contribution in [0.4, 0.5) is 45.6 Å². The lowest BCUT2D eigenvalue weighted by atomic mass is 9.81. The molecule has 1 aliphatic rings. The van der Waals surface area contributed by atoms with Crippen LogP contribution in [0.2, 0.25) is 0 Å². The fourth-order valence-corrected chi connectivity index (χ4v) is 3.51. The maximum Gasteiger partial charge on any atom is 0.573 e. The molecule has 1 aromatic carbocycles. The number of halogens is 8. The first-order valence-corrected chi connectivity index (χ1v) is 10.8. The fraction of sp³-hybridized carbons (Fsp3) is 0.217. The van der Waals surface area contributed by atoms with Gasteiger partial charge in [-0.05, 0) is 42.0 Å². The molecule has 3 aromatic rings. The van der Waals surface area contributed by atoms with Crippen LogP contribution in [0.1, 0.15) is 17.7 Å². The van der Waals surface area contributed by atoms with E-state index in [2.05, 4.69) is 25.3 Å². The van der Waals surface area contributed by atoms with E-state index in [1.54, 1.807) is 12.1 Å². The summed E-state index contributed by atoms with van der Waals surface area (Å²) < 4.78 is 106. The number of nitrogens with one attached hydrogen (secondary N) is 2. The van der Waals surface area contributed by atoms with Crippen LogP contribution in [0.3, 0.4) is 0 Å². The molecule has 3 N–H and O–H groups in total. The second-order valence-electron chi connectivity index (χ2n) is 7.80. The molecule has 214 valence electrons. The summed E-state index contributed by atoms with van der Waals surface area (Å²) in [6, 6.07) is 7.62. The van der Waals surface area contributed by atoms with Crippen LogP contribution in [-0.2, 0) is 10.3 Å². The molecular weight excluding hydrogens is 564 g/mol. The number of aromatic nitrogens is 2. The van der Waals surface area contributed by atoms with Gasteiger partial charge in [0.1, 0.15) is 17.0 Å². The predicted molar refractivity (Wildman–Crippen MR) is 118 cm³/mol. The number of hydrogen-bond donors (Lipinski definition) is 3. The monoisotopic (exact) mass is 580 g/mol. The number of amides is 2. The maximum atomic E-state index is 14.6. The number of benzene rings is 1. The molecule has 2 aromatic heterocycles. The summed E-state index contributed by atoms with van der Waals surface area (Å²) in [6.45, 7) is 0.0967. The number of hydrogen-bond acceptors (Lipinski definition) is 6. The van der Waals surface area contributed by atoms with E-state index in [1.165, 1.54) is 18.3 Å². The average Bonchev–Trinajstić information content (AvgIpc) is 2.86. The van der Waals surface area contributed by atoms with Gasteiger partial charge < -0.3 is 25.2 Å². The summed E-state index contributed by atoms with van der Waals surface area (Å²) in [6.07, 6.45) is -7.54. The number of rotatable bonds is 4. The van der Waals surface area contributed by atoms with E-state index in [0.717, 1.165) is 24.4 Å². The van der Waals surface area contributed by atoms with Crippen molar-refractivity contribution in [3.63, 3.8) is 0 Å². The van der Waals surface area contributed by atoms with E-state index < -0.39 is 47.6 Å². The zero-order chi connectivity index (χ0) is 29.7. The third-order valence-corrected chi connectivity index (χ3v) is 5.11. The van der Waals surface area contributed by atoms with E-state index in [1.807, 2.05) is 0 Å². The Kier molecular flexibility index (Phi) is 8.64. The molecule has 40 heavy (non-hydrogen) atoms. The number of carboxylic acids is 1. The highest BCUT2D eigenvalue weighted by Gasteiger charge is 2.43. The van der Waals surface area contributed by atoms with Gasteiger partial charge in [-0.1, -0.05) is 6.07 Å². The highest BCUT2D eigenvalue weighted by atomic mass is 19.4. The van der Waals surface area contributed by atoms with Crippen molar-refractivity contribution in [1.29, 1.82) is 0 Å². The zero-order valence-corrected chi connectivity index (χ0v) is 19.6. The smallest absolute Gasteiger partial charge is 0.491 e. The van der Waals surface area contributed by atoms with Crippen molar-refractivity contribution in [2.75, 3.05) is 11.9 Å². The first kappa shape index (κ1) is 29.9. The van der Waals surface area contributed by atoms with Gasteiger partial charge in [-0.25, -0.2) is 19.0 Å². The van der Waals surface area contributed by atoms with E-state index in [-0.39, 0.29) is 30.0 Å². The molecular formula is C23H16F8N4O5. The summed E-state index contributed by atoms with van der Waals surface area (Å²) in [4.78, 5) is 29.4. The number of pyridine rings is 2. The van der Waals surface area contributed by atoms with E-state index >= 15 is 0 Å². The van der Waals surface area contributed by atoms with Gasteiger partial charge in [0.2, 0.25) is 5.95 Å². The Morgan fingerprint density at radius 2 is 1.73 bits per heavy atom. The van der Waals surface area contributed by atoms with Gasteiger partial charge in [0.25, 0.3) is 0 Å². The number of fused-ring (bicyclic) bond motifs is 1. The van der Waals surface area contributed by atoms with Gasteiger partial charge >= 0.3 is 24.5 Å². The Hall–Kier alpha value is -4.70. The van der Waals surface area contributed by atoms with Crippen molar-refractivity contribution in [3.8, 4) is 11.5 Å². The Bertz CT molecular complexity index is 1370. The van der Waals surface area contributed by atoms with E-state index in [0.29, 0.717) is 5.75 Å².